The fraction of sp³-hybridized carbons (Fsp3) is 0.500. The third-order valence-corrected chi connectivity index (χ3v) is 1.57. The molecule has 12 nitrogen and oxygen atoms in total. The van der Waals surface area contributed by atoms with Crippen LogP contribution in [0.3, 0.4) is 0 Å². The summed E-state index contributed by atoms with van der Waals surface area (Å²) in [5.74, 6) is -6.75. The van der Waals surface area contributed by atoms with Crippen molar-refractivity contribution in [2.24, 2.45) is 0 Å². The van der Waals surface area contributed by atoms with Crippen molar-refractivity contribution in [3.8, 4) is 0 Å². The van der Waals surface area contributed by atoms with Crippen LogP contribution < -0.4 is 20.4 Å². The number of hydrogen-bond acceptors (Lipinski definition) is 12. The maximum absolute atomic E-state index is 9.83. The zero-order chi connectivity index (χ0) is 23.4. The minimum Gasteiger partial charge on any atom is -0.550 e. The molecule has 0 aromatic carbocycles. The van der Waals surface area contributed by atoms with Gasteiger partial charge in [-0.1, -0.05) is 0 Å². The van der Waals surface area contributed by atoms with E-state index in [1.165, 1.54) is 27.7 Å². The molecule has 1 radical (unpaired) electrons. The Balaban J connectivity index is -0.0000000873. The summed E-state index contributed by atoms with van der Waals surface area (Å²) in [7, 11) is 0. The van der Waals surface area contributed by atoms with Crippen molar-refractivity contribution in [3.63, 3.8) is 0 Å². The van der Waals surface area contributed by atoms with E-state index in [-0.39, 0.29) is 43.2 Å². The molecule has 0 aliphatic heterocycles. The van der Waals surface area contributed by atoms with Crippen molar-refractivity contribution in [3.05, 3.63) is 0 Å². The zero-order valence-corrected chi connectivity index (χ0v) is 18.5. The van der Waals surface area contributed by atoms with Gasteiger partial charge in [0.25, 0.3) is 0 Å². The van der Waals surface area contributed by atoms with Gasteiger partial charge in [0.2, 0.25) is 0 Å². The first-order chi connectivity index (χ1) is 12.5. The van der Waals surface area contributed by atoms with Gasteiger partial charge in [-0.05, 0) is 27.7 Å². The van der Waals surface area contributed by atoms with Crippen LogP contribution in [-0.2, 0) is 58.5 Å². The molecular formula is C16H20IrO12. The second-order valence-electron chi connectivity index (χ2n) is 5.00. The van der Waals surface area contributed by atoms with Crippen LogP contribution in [-0.4, -0.2) is 47.0 Å². The third-order valence-electron chi connectivity index (χ3n) is 1.57. The number of Topliss-reactive ketones (excluding diaryl/α,β-unsaturated/α-hetero) is 4. The Morgan fingerprint density at radius 2 is 0.517 bits per heavy atom. The molecule has 13 heteroatoms. The zero-order valence-electron chi connectivity index (χ0n) is 16.1. The first-order valence-electron chi connectivity index (χ1n) is 7.28. The van der Waals surface area contributed by atoms with Gasteiger partial charge in [0.05, 0.1) is 0 Å². The molecular weight excluding hydrogens is 576 g/mol. The monoisotopic (exact) mass is 597 g/mol. The molecule has 0 saturated carbocycles. The van der Waals surface area contributed by atoms with Crippen molar-refractivity contribution in [2.75, 3.05) is 0 Å². The summed E-state index contributed by atoms with van der Waals surface area (Å²) in [5.41, 5.74) is 0. The summed E-state index contributed by atoms with van der Waals surface area (Å²) in [6.07, 6.45) is -1.89. The summed E-state index contributed by atoms with van der Waals surface area (Å²) in [6.45, 7) is 4.82. The fourth-order valence-corrected chi connectivity index (χ4v) is 0.813. The minimum absolute atomic E-state index is 0. The summed E-state index contributed by atoms with van der Waals surface area (Å²) >= 11 is 0. The first-order valence-corrected chi connectivity index (χ1v) is 7.28. The molecule has 0 aliphatic rings. The largest absolute Gasteiger partial charge is 4.00 e. The van der Waals surface area contributed by atoms with Crippen LogP contribution in [0.4, 0.5) is 0 Å². The average Bonchev–Trinajstić information content (AvgIpc) is 2.32. The summed E-state index contributed by atoms with van der Waals surface area (Å²) in [5, 5.41) is 37.9. The van der Waals surface area contributed by atoms with Crippen molar-refractivity contribution in [1.29, 1.82) is 0 Å². The van der Waals surface area contributed by atoms with Crippen molar-refractivity contribution in [2.45, 2.75) is 53.4 Å². The number of aliphatic carboxylic acids is 4. The number of ketones is 4. The predicted molar refractivity (Wildman–Crippen MR) is 81.2 cm³/mol. The Labute approximate surface area is 179 Å². The topological polar surface area (TPSA) is 229 Å². The van der Waals surface area contributed by atoms with Gasteiger partial charge in [0.15, 0.2) is 0 Å². The number of carbonyl (C=O) groups excluding carboxylic acids is 8. The van der Waals surface area contributed by atoms with Gasteiger partial charge in [-0.3, -0.25) is 19.2 Å². The van der Waals surface area contributed by atoms with Gasteiger partial charge in [-0.2, -0.15) is 0 Å². The molecule has 0 unspecified atom stereocenters. The Morgan fingerprint density at radius 1 is 0.414 bits per heavy atom. The Kier molecular flexibility index (Phi) is 29.7. The van der Waals surface area contributed by atoms with E-state index >= 15 is 0 Å². The number of hydrogen-bond donors (Lipinski definition) is 0. The van der Waals surface area contributed by atoms with E-state index in [9.17, 15) is 58.8 Å². The van der Waals surface area contributed by atoms with Gasteiger partial charge in [0.1, 0.15) is 23.1 Å². The molecule has 0 heterocycles. The van der Waals surface area contributed by atoms with E-state index < -0.39 is 49.6 Å². The molecule has 0 aromatic rings. The molecule has 0 bridgehead atoms. The maximum Gasteiger partial charge on any atom is 4.00 e. The summed E-state index contributed by atoms with van der Waals surface area (Å²) < 4.78 is 0. The van der Waals surface area contributed by atoms with Gasteiger partial charge < -0.3 is 39.6 Å². The molecule has 0 amide bonds. The smallest absolute Gasteiger partial charge is 0.550 e. The molecule has 29 heavy (non-hydrogen) atoms. The molecule has 0 aliphatic carbocycles. The SMILES string of the molecule is CC(=O)CC(=O)[O-].CC(=O)CC(=O)[O-].CC(=O)CC(=O)[O-].CC(=O)CC(=O)[O-].[Ir+4]. The van der Waals surface area contributed by atoms with Gasteiger partial charge >= 0.3 is 20.1 Å². The number of carbonyl (C=O) groups is 8. The second-order valence-corrected chi connectivity index (χ2v) is 5.00. The van der Waals surface area contributed by atoms with Gasteiger partial charge in [0, 0.05) is 49.6 Å². The molecule has 0 N–H and O–H groups in total. The van der Waals surface area contributed by atoms with E-state index in [1.54, 1.807) is 0 Å². The molecule has 0 rings (SSSR count). The van der Waals surface area contributed by atoms with E-state index in [4.69, 9.17) is 0 Å². The van der Waals surface area contributed by atoms with Crippen LogP contribution >= 0.6 is 0 Å². The predicted octanol–water partition coefficient (Wildman–Crippen LogP) is -5.14. The molecule has 0 fully saturated rings. The number of rotatable bonds is 8. The summed E-state index contributed by atoms with van der Waals surface area (Å²) in [4.78, 5) is 77.2. The molecule has 0 spiro atoms. The third kappa shape index (κ3) is 77.8. The normalized spacial score (nSPS) is 7.86. The Bertz CT molecular complexity index is 443. The van der Waals surface area contributed by atoms with Crippen LogP contribution in [0.15, 0.2) is 0 Å². The van der Waals surface area contributed by atoms with Crippen molar-refractivity contribution < 1.29 is 78.9 Å². The standard InChI is InChI=1S/4C4H6O3.Ir/c4*1-3(5)2-4(6)7;/h4*2H2,1H3,(H,6,7);/q;;;;+4/p-4. The van der Waals surface area contributed by atoms with E-state index in [2.05, 4.69) is 0 Å². The quantitative estimate of drug-likeness (QED) is 0.240. The van der Waals surface area contributed by atoms with Crippen LogP contribution in [0.25, 0.3) is 0 Å². The van der Waals surface area contributed by atoms with Crippen LogP contribution in [0.1, 0.15) is 53.4 Å². The van der Waals surface area contributed by atoms with Crippen LogP contribution in [0, 0.1) is 0 Å². The van der Waals surface area contributed by atoms with E-state index in [0.717, 1.165) is 0 Å². The number of carboxylic acid groups (broad SMARTS) is 4. The van der Waals surface area contributed by atoms with Crippen LogP contribution in [0.5, 0.6) is 0 Å². The van der Waals surface area contributed by atoms with Gasteiger partial charge in [-0.15, -0.1) is 0 Å². The molecule has 0 saturated heterocycles. The average molecular weight is 597 g/mol. The summed E-state index contributed by atoms with van der Waals surface area (Å²) in [6, 6.07) is 0. The minimum atomic E-state index is -1.31. The van der Waals surface area contributed by atoms with Gasteiger partial charge in [-0.25, -0.2) is 0 Å². The van der Waals surface area contributed by atoms with E-state index in [1.807, 2.05) is 0 Å². The molecule has 165 valence electrons. The molecule has 0 atom stereocenters. The second kappa shape index (κ2) is 23.2. The Morgan fingerprint density at radius 3 is 0.517 bits per heavy atom. The van der Waals surface area contributed by atoms with Crippen molar-refractivity contribution in [1.82, 2.24) is 0 Å². The first kappa shape index (κ1) is 37.0. The van der Waals surface area contributed by atoms with Crippen molar-refractivity contribution >= 4 is 47.0 Å². The van der Waals surface area contributed by atoms with Crippen LogP contribution in [0.2, 0.25) is 0 Å². The van der Waals surface area contributed by atoms with E-state index in [0.29, 0.717) is 0 Å². The fourth-order valence-electron chi connectivity index (χ4n) is 0.813. The number of carboxylic acids is 4. The Hall–Kier alpha value is -2.79. The maximum atomic E-state index is 9.83. The molecule has 0 aromatic heterocycles.